The van der Waals surface area contributed by atoms with E-state index in [4.69, 9.17) is 10.3 Å². The lowest BCUT2D eigenvalue weighted by Crippen LogP contribution is -2.32. The van der Waals surface area contributed by atoms with Crippen molar-refractivity contribution >= 4 is 11.0 Å². The van der Waals surface area contributed by atoms with Crippen LogP contribution in [0.2, 0.25) is 0 Å². The molecular weight excluding hydrogens is 254 g/mol. The first-order valence-corrected chi connectivity index (χ1v) is 6.44. The van der Waals surface area contributed by atoms with E-state index in [1.807, 2.05) is 32.0 Å². The molecule has 2 heterocycles. The van der Waals surface area contributed by atoms with Crippen LogP contribution < -0.4 is 5.73 Å². The average molecular weight is 269 g/mol. The molecule has 0 saturated carbocycles. The van der Waals surface area contributed by atoms with Crippen molar-refractivity contribution < 1.29 is 4.52 Å². The predicted molar refractivity (Wildman–Crippen MR) is 74.7 cm³/mol. The van der Waals surface area contributed by atoms with Gasteiger partial charge in [-0.2, -0.15) is 4.98 Å². The second-order valence-electron chi connectivity index (χ2n) is 4.95. The topological polar surface area (TPSA) is 90.7 Å². The van der Waals surface area contributed by atoms with Crippen LogP contribution >= 0.6 is 0 Å². The molecule has 0 amide bonds. The van der Waals surface area contributed by atoms with Crippen molar-refractivity contribution in [3.8, 4) is 11.4 Å². The van der Waals surface area contributed by atoms with Gasteiger partial charge in [-0.25, -0.2) is 0 Å². The Hall–Kier alpha value is -2.34. The molecule has 0 saturated heterocycles. The van der Waals surface area contributed by atoms with Gasteiger partial charge in [-0.1, -0.05) is 12.1 Å². The van der Waals surface area contributed by atoms with E-state index in [0.717, 1.165) is 23.0 Å². The maximum absolute atomic E-state index is 6.10. The number of nitrogens with two attached hydrogens (primary N) is 1. The zero-order valence-corrected chi connectivity index (χ0v) is 11.4. The van der Waals surface area contributed by atoms with Crippen molar-refractivity contribution in [1.82, 2.24) is 20.1 Å². The van der Waals surface area contributed by atoms with Gasteiger partial charge in [0.25, 0.3) is 0 Å². The Kier molecular flexibility index (Phi) is 2.94. The summed E-state index contributed by atoms with van der Waals surface area (Å²) in [7, 11) is 0. The van der Waals surface area contributed by atoms with Crippen LogP contribution in [-0.4, -0.2) is 20.1 Å². The highest BCUT2D eigenvalue weighted by Crippen LogP contribution is 2.24. The highest BCUT2D eigenvalue weighted by molar-refractivity contribution is 5.79. The number of hydrogen-bond donors (Lipinski definition) is 1. The third-order valence-corrected chi connectivity index (χ3v) is 3.38. The third-order valence-electron chi connectivity index (χ3n) is 3.38. The Bertz CT molecular complexity index is 750. The molecule has 0 spiro atoms. The van der Waals surface area contributed by atoms with Crippen LogP contribution in [0.1, 0.15) is 26.2 Å². The molecule has 1 atom stereocenters. The van der Waals surface area contributed by atoms with E-state index >= 15 is 0 Å². The van der Waals surface area contributed by atoms with Crippen LogP contribution in [0.5, 0.6) is 0 Å². The first-order chi connectivity index (χ1) is 9.60. The lowest BCUT2D eigenvalue weighted by molar-refractivity contribution is 0.291. The van der Waals surface area contributed by atoms with Crippen LogP contribution in [0, 0.1) is 0 Å². The summed E-state index contributed by atoms with van der Waals surface area (Å²) in [4.78, 5) is 12.9. The van der Waals surface area contributed by atoms with Gasteiger partial charge < -0.3 is 10.3 Å². The Morgan fingerprint density at radius 1 is 1.20 bits per heavy atom. The largest absolute Gasteiger partial charge is 0.337 e. The van der Waals surface area contributed by atoms with Crippen molar-refractivity contribution in [3.05, 3.63) is 36.5 Å². The minimum absolute atomic E-state index is 0.439. The minimum atomic E-state index is -0.609. The molecule has 102 valence electrons. The first kappa shape index (κ1) is 12.7. The van der Waals surface area contributed by atoms with E-state index in [2.05, 4.69) is 20.1 Å². The minimum Gasteiger partial charge on any atom is -0.337 e. The number of hydrogen-bond acceptors (Lipinski definition) is 6. The Labute approximate surface area is 116 Å². The molecule has 1 unspecified atom stereocenters. The van der Waals surface area contributed by atoms with Gasteiger partial charge >= 0.3 is 0 Å². The van der Waals surface area contributed by atoms with Crippen LogP contribution in [0.4, 0.5) is 0 Å². The summed E-state index contributed by atoms with van der Waals surface area (Å²) < 4.78 is 5.26. The summed E-state index contributed by atoms with van der Waals surface area (Å²) in [6.45, 7) is 3.85. The van der Waals surface area contributed by atoms with Gasteiger partial charge in [-0.15, -0.1) is 0 Å². The molecule has 2 N–H and O–H groups in total. The van der Waals surface area contributed by atoms with Crippen LogP contribution in [0.3, 0.4) is 0 Å². The maximum atomic E-state index is 6.10. The van der Waals surface area contributed by atoms with Gasteiger partial charge in [0.2, 0.25) is 11.7 Å². The number of nitrogens with zero attached hydrogens (tertiary/aromatic N) is 4. The summed E-state index contributed by atoms with van der Waals surface area (Å²) in [6.07, 6.45) is 4.04. The molecule has 0 aliphatic rings. The molecule has 2 aromatic heterocycles. The van der Waals surface area contributed by atoms with E-state index in [-0.39, 0.29) is 0 Å². The molecule has 0 fully saturated rings. The summed E-state index contributed by atoms with van der Waals surface area (Å²) >= 11 is 0. The van der Waals surface area contributed by atoms with Gasteiger partial charge in [0.15, 0.2) is 0 Å². The average Bonchev–Trinajstić information content (AvgIpc) is 2.97. The van der Waals surface area contributed by atoms with Gasteiger partial charge in [0, 0.05) is 18.0 Å². The summed E-state index contributed by atoms with van der Waals surface area (Å²) in [5.41, 5.74) is 7.95. The highest BCUT2D eigenvalue weighted by Gasteiger charge is 2.26. The molecule has 6 nitrogen and oxygen atoms in total. The lowest BCUT2D eigenvalue weighted by atomic mass is 10.0. The molecule has 20 heavy (non-hydrogen) atoms. The van der Waals surface area contributed by atoms with Crippen LogP contribution in [-0.2, 0) is 5.54 Å². The van der Waals surface area contributed by atoms with E-state index in [1.54, 1.807) is 12.4 Å². The summed E-state index contributed by atoms with van der Waals surface area (Å²) in [5, 5.41) is 3.99. The van der Waals surface area contributed by atoms with Crippen molar-refractivity contribution in [2.45, 2.75) is 25.8 Å². The molecule has 3 rings (SSSR count). The third kappa shape index (κ3) is 2.14. The molecule has 3 aromatic rings. The van der Waals surface area contributed by atoms with Gasteiger partial charge in [0.1, 0.15) is 0 Å². The highest BCUT2D eigenvalue weighted by atomic mass is 16.5. The van der Waals surface area contributed by atoms with E-state index in [9.17, 15) is 0 Å². The second-order valence-corrected chi connectivity index (χ2v) is 4.95. The van der Waals surface area contributed by atoms with E-state index in [1.165, 1.54) is 0 Å². The Balaban J connectivity index is 2.03. The van der Waals surface area contributed by atoms with Gasteiger partial charge in [-0.3, -0.25) is 9.97 Å². The number of aromatic nitrogens is 4. The molecule has 0 aliphatic heterocycles. The van der Waals surface area contributed by atoms with Gasteiger partial charge in [-0.05, 0) is 31.5 Å². The fraction of sp³-hybridized carbons (Fsp3) is 0.286. The maximum Gasteiger partial charge on any atom is 0.246 e. The van der Waals surface area contributed by atoms with Gasteiger partial charge in [0.05, 0.1) is 16.6 Å². The fourth-order valence-corrected chi connectivity index (χ4v) is 1.83. The molecule has 0 radical (unpaired) electrons. The standard InChI is InChI=1S/C14H15N5O/c1-3-14(2,15)13-18-12(19-20-13)9-4-5-10-11(8-9)17-7-6-16-10/h4-8H,3,15H2,1-2H3. The summed E-state index contributed by atoms with van der Waals surface area (Å²) in [6, 6.07) is 5.66. The number of benzene rings is 1. The monoisotopic (exact) mass is 269 g/mol. The SMILES string of the molecule is CCC(C)(N)c1nc(-c2ccc3nccnc3c2)no1. The normalized spacial score (nSPS) is 14.3. The lowest BCUT2D eigenvalue weighted by Gasteiger charge is -2.16. The second kappa shape index (κ2) is 4.64. The zero-order valence-electron chi connectivity index (χ0n) is 11.4. The van der Waals surface area contributed by atoms with E-state index in [0.29, 0.717) is 11.7 Å². The molecular formula is C14H15N5O. The Morgan fingerprint density at radius 2 is 1.95 bits per heavy atom. The zero-order chi connectivity index (χ0) is 14.2. The van der Waals surface area contributed by atoms with E-state index < -0.39 is 5.54 Å². The molecule has 0 bridgehead atoms. The van der Waals surface area contributed by atoms with Crippen molar-refractivity contribution in [2.24, 2.45) is 5.73 Å². The van der Waals surface area contributed by atoms with Crippen LogP contribution in [0.25, 0.3) is 22.4 Å². The molecule has 6 heteroatoms. The smallest absolute Gasteiger partial charge is 0.246 e. The molecule has 1 aromatic carbocycles. The predicted octanol–water partition coefficient (Wildman–Crippen LogP) is 2.26. The Morgan fingerprint density at radius 3 is 2.70 bits per heavy atom. The fourth-order valence-electron chi connectivity index (χ4n) is 1.83. The molecule has 0 aliphatic carbocycles. The summed E-state index contributed by atoms with van der Waals surface area (Å²) in [5.74, 6) is 0.951. The van der Waals surface area contributed by atoms with Crippen LogP contribution in [0.15, 0.2) is 35.1 Å². The van der Waals surface area contributed by atoms with Crippen molar-refractivity contribution in [3.63, 3.8) is 0 Å². The number of fused-ring (bicyclic) bond motifs is 1. The quantitative estimate of drug-likeness (QED) is 0.784. The first-order valence-electron chi connectivity index (χ1n) is 6.44. The van der Waals surface area contributed by atoms with Crippen molar-refractivity contribution in [2.75, 3.05) is 0 Å². The number of rotatable bonds is 3. The van der Waals surface area contributed by atoms with Crippen molar-refractivity contribution in [1.29, 1.82) is 0 Å².